The zero-order chi connectivity index (χ0) is 60.0. The molecule has 5 N–H and O–H groups in total. The predicted molar refractivity (Wildman–Crippen MR) is 342 cm³/mol. The lowest BCUT2D eigenvalue weighted by atomic mass is 9.48. The van der Waals surface area contributed by atoms with Crippen LogP contribution < -0.4 is 0 Å². The van der Waals surface area contributed by atoms with E-state index in [1.54, 1.807) is 0 Å². The summed E-state index contributed by atoms with van der Waals surface area (Å²) in [4.78, 5) is 11.9. The summed E-state index contributed by atoms with van der Waals surface area (Å²) in [5.41, 5.74) is -0.770. The Morgan fingerprint density at radius 1 is 0.386 bits per heavy atom. The molecule has 0 bridgehead atoms. The molecule has 12 fully saturated rings. The molecule has 0 aromatic carbocycles. The summed E-state index contributed by atoms with van der Waals surface area (Å²) in [5.74, 6) is 18.7. The van der Waals surface area contributed by atoms with Crippen molar-refractivity contribution in [3.8, 4) is 0 Å². The lowest BCUT2D eigenvalue weighted by Gasteiger charge is -2.57. The standard InChI is InChI=1S/2C26H46O2.C25H42O2/c2*1-17(10-13-24(2,3)27)22-8-9-23-21-7-6-18-16-25(4,28)14-11-19(18)20(21)12-15-26(22,23)5;1-16(11-13-24(2,3)27)22-9-10-23-21-7-5-17-15-18(26)6-8-19(17)20(21)12-14-25(22,23)4/h2*17-23,27-28H,6-16H2,1-5H3;16-17,19-23,27H,5-15H2,1-4H3/t17-,18-,19+,20?,21?,22-,23?,25+,26-;17-,18-,19+,20?,21?,22-,23?,25-,26-;16-,17-,19+,20?,21?,22-,23?,25-/m111/s1. The highest BCUT2D eigenvalue weighted by atomic mass is 16.3. The third-order valence-electron chi connectivity index (χ3n) is 30.2. The number of Topliss-reactive ketones (excluding diaryl/α,β-unsaturated/α-hetero) is 1. The number of hydrogen-bond donors (Lipinski definition) is 5. The van der Waals surface area contributed by atoms with Crippen molar-refractivity contribution < 1.29 is 30.3 Å². The molecule has 26 atom stereocenters. The molecule has 83 heavy (non-hydrogen) atoms. The van der Waals surface area contributed by atoms with Crippen LogP contribution in [0.3, 0.4) is 0 Å². The third kappa shape index (κ3) is 13.9. The number of fused-ring (bicyclic) bond motifs is 15. The Morgan fingerprint density at radius 2 is 0.687 bits per heavy atom. The monoisotopic (exact) mass is 1160 g/mol. The van der Waals surface area contributed by atoms with Crippen LogP contribution in [0.2, 0.25) is 0 Å². The van der Waals surface area contributed by atoms with Crippen molar-refractivity contribution in [2.24, 2.45) is 141 Å². The van der Waals surface area contributed by atoms with Crippen LogP contribution in [0.15, 0.2) is 0 Å². The van der Waals surface area contributed by atoms with Crippen LogP contribution in [0.5, 0.6) is 0 Å². The summed E-state index contributed by atoms with van der Waals surface area (Å²) in [6, 6.07) is 0. The highest BCUT2D eigenvalue weighted by Gasteiger charge is 2.61. The van der Waals surface area contributed by atoms with Gasteiger partial charge in [0.25, 0.3) is 0 Å². The largest absolute Gasteiger partial charge is 0.390 e. The van der Waals surface area contributed by atoms with Gasteiger partial charge in [-0.25, -0.2) is 0 Å². The predicted octanol–water partition coefficient (Wildman–Crippen LogP) is 18.4. The smallest absolute Gasteiger partial charge is 0.133 e. The minimum absolute atomic E-state index is 0.397. The number of aliphatic hydroxyl groups is 5. The van der Waals surface area contributed by atoms with E-state index in [2.05, 4.69) is 55.4 Å². The van der Waals surface area contributed by atoms with Gasteiger partial charge in [-0.3, -0.25) is 4.79 Å². The maximum Gasteiger partial charge on any atom is 0.133 e. The first-order chi connectivity index (χ1) is 38.7. The molecule has 0 spiro atoms. The van der Waals surface area contributed by atoms with Crippen LogP contribution in [-0.2, 0) is 4.79 Å². The molecule has 12 rings (SSSR count). The molecular weight excluding hydrogens is 1020 g/mol. The second-order valence-electron chi connectivity index (χ2n) is 37.2. The molecule has 0 aromatic heterocycles. The fraction of sp³-hybridized carbons (Fsp3) is 0.987. The van der Waals surface area contributed by atoms with E-state index in [-0.39, 0.29) is 0 Å². The SMILES string of the molecule is C[C@H](CCC(C)(C)O)[C@H]1CCC2C3CC[C@@H]4CC(=O)CC[C@@H]4C3CC[C@@]21C.C[C@H](CCC(C)(C)O)[C@H]1CCC2C3CC[C@@H]4C[C@@](C)(O)CC[C@@H]4C3CC[C@@]21C.C[C@H](CCC(C)(C)O)[C@H]1CCC2C3CC[C@@H]4C[C@](C)(O)CC[C@@H]4C3CC[C@@]21C. The summed E-state index contributed by atoms with van der Waals surface area (Å²) in [7, 11) is 0. The Balaban J connectivity index is 0.000000139. The first-order valence-corrected chi connectivity index (χ1v) is 36.8. The average Bonchev–Trinajstić information content (AvgIpc) is 2.01. The van der Waals surface area contributed by atoms with Gasteiger partial charge in [0.05, 0.1) is 28.0 Å². The first-order valence-electron chi connectivity index (χ1n) is 36.8. The molecule has 0 aromatic rings. The maximum absolute atomic E-state index is 11.9. The van der Waals surface area contributed by atoms with E-state index in [0.29, 0.717) is 22.0 Å². The lowest BCUT2D eigenvalue weighted by Crippen LogP contribution is -2.50. The first kappa shape index (κ1) is 65.4. The second kappa shape index (κ2) is 24.6. The van der Waals surface area contributed by atoms with Crippen LogP contribution in [-0.4, -0.2) is 59.3 Å². The maximum atomic E-state index is 11.9. The molecule has 0 radical (unpaired) electrons. The zero-order valence-corrected chi connectivity index (χ0v) is 56.6. The van der Waals surface area contributed by atoms with Gasteiger partial charge in [0, 0.05) is 12.8 Å². The molecule has 6 heteroatoms. The second-order valence-corrected chi connectivity index (χ2v) is 37.2. The fourth-order valence-electron chi connectivity index (χ4n) is 26.1. The Kier molecular flexibility index (Phi) is 19.4. The van der Waals surface area contributed by atoms with Crippen molar-refractivity contribution in [3.63, 3.8) is 0 Å². The molecule has 12 aliphatic carbocycles. The molecule has 12 saturated carbocycles. The van der Waals surface area contributed by atoms with Gasteiger partial charge in [-0.05, 0) is 395 Å². The minimum atomic E-state index is -0.526. The summed E-state index contributed by atoms with van der Waals surface area (Å²) < 4.78 is 0. The molecule has 0 aliphatic heterocycles. The van der Waals surface area contributed by atoms with Crippen molar-refractivity contribution in [1.29, 1.82) is 0 Å². The Morgan fingerprint density at radius 3 is 1.01 bits per heavy atom. The molecule has 9 unspecified atom stereocenters. The number of rotatable bonds is 12. The number of carbonyl (C=O) groups excluding carboxylic acids is 1. The van der Waals surface area contributed by atoms with Gasteiger partial charge in [-0.2, -0.15) is 0 Å². The van der Waals surface area contributed by atoms with Gasteiger partial charge in [0.15, 0.2) is 0 Å². The van der Waals surface area contributed by atoms with Gasteiger partial charge in [-0.15, -0.1) is 0 Å². The quantitative estimate of drug-likeness (QED) is 0.133. The zero-order valence-electron chi connectivity index (χ0n) is 56.6. The van der Waals surface area contributed by atoms with Gasteiger partial charge >= 0.3 is 0 Å². The van der Waals surface area contributed by atoms with Crippen LogP contribution in [0.4, 0.5) is 0 Å². The lowest BCUT2D eigenvalue weighted by molar-refractivity contribution is -0.127. The number of hydrogen-bond acceptors (Lipinski definition) is 6. The minimum Gasteiger partial charge on any atom is -0.390 e. The molecule has 6 nitrogen and oxygen atoms in total. The van der Waals surface area contributed by atoms with Crippen molar-refractivity contribution in [1.82, 2.24) is 0 Å². The summed E-state index contributed by atoms with van der Waals surface area (Å²) in [6.07, 6.45) is 41.4. The van der Waals surface area contributed by atoms with Crippen molar-refractivity contribution in [3.05, 3.63) is 0 Å². The van der Waals surface area contributed by atoms with Gasteiger partial charge in [0.1, 0.15) is 5.78 Å². The van der Waals surface area contributed by atoms with E-state index in [9.17, 15) is 30.3 Å². The van der Waals surface area contributed by atoms with E-state index in [1.165, 1.54) is 148 Å². The molecule has 478 valence electrons. The van der Waals surface area contributed by atoms with E-state index in [0.717, 1.165) is 188 Å². The average molecular weight is 1160 g/mol. The van der Waals surface area contributed by atoms with Crippen LogP contribution in [0, 0.1) is 141 Å². The molecule has 0 saturated heterocycles. The van der Waals surface area contributed by atoms with Gasteiger partial charge in [0.2, 0.25) is 0 Å². The van der Waals surface area contributed by atoms with Crippen LogP contribution >= 0.6 is 0 Å². The van der Waals surface area contributed by atoms with Crippen LogP contribution in [0.1, 0.15) is 309 Å². The topological polar surface area (TPSA) is 118 Å². The van der Waals surface area contributed by atoms with Crippen molar-refractivity contribution in [2.45, 2.75) is 337 Å². The van der Waals surface area contributed by atoms with Crippen LogP contribution in [0.25, 0.3) is 0 Å². The van der Waals surface area contributed by atoms with Crippen molar-refractivity contribution in [2.75, 3.05) is 0 Å². The molecule has 0 amide bonds. The summed E-state index contributed by atoms with van der Waals surface area (Å²) in [6.45, 7) is 31.2. The fourth-order valence-corrected chi connectivity index (χ4v) is 26.1. The highest BCUT2D eigenvalue weighted by molar-refractivity contribution is 5.79. The molecule has 0 heterocycles. The molecule has 12 aliphatic rings. The van der Waals surface area contributed by atoms with E-state index >= 15 is 0 Å². The van der Waals surface area contributed by atoms with Gasteiger partial charge in [-0.1, -0.05) is 41.5 Å². The highest BCUT2D eigenvalue weighted by Crippen LogP contribution is 2.69. The van der Waals surface area contributed by atoms with E-state index in [1.807, 2.05) is 41.5 Å². The Labute approximate surface area is 511 Å². The third-order valence-corrected chi connectivity index (χ3v) is 30.2. The van der Waals surface area contributed by atoms with E-state index in [4.69, 9.17) is 0 Å². The summed E-state index contributed by atoms with van der Waals surface area (Å²) >= 11 is 0. The Bertz CT molecular complexity index is 2060. The summed E-state index contributed by atoms with van der Waals surface area (Å²) in [5, 5.41) is 51.7. The van der Waals surface area contributed by atoms with E-state index < -0.39 is 28.0 Å². The number of ketones is 1. The van der Waals surface area contributed by atoms with Crippen molar-refractivity contribution >= 4 is 5.78 Å². The number of carbonyl (C=O) groups is 1. The normalized spacial score (nSPS) is 48.5. The Hall–Kier alpha value is -0.530. The van der Waals surface area contributed by atoms with Gasteiger partial charge < -0.3 is 25.5 Å². The molecular formula is C77H134O6.